The second kappa shape index (κ2) is 3.94. The number of oxazole rings is 1. The van der Waals surface area contributed by atoms with Gasteiger partial charge in [0.2, 0.25) is 0 Å². The van der Waals surface area contributed by atoms with Crippen LogP contribution in [0.1, 0.15) is 25.7 Å². The van der Waals surface area contributed by atoms with Crippen molar-refractivity contribution < 1.29 is 4.42 Å². The van der Waals surface area contributed by atoms with Crippen LogP contribution in [0.5, 0.6) is 0 Å². The third-order valence-electron chi connectivity index (χ3n) is 2.56. The second-order valence-electron chi connectivity index (χ2n) is 3.79. The zero-order valence-electron chi connectivity index (χ0n) is 8.70. The third-order valence-corrected chi connectivity index (χ3v) is 3.19. The molecular weight excluding hydrogens is 256 g/mol. The van der Waals surface area contributed by atoms with E-state index in [4.69, 9.17) is 10.2 Å². The fraction of sp³-hybridized carbons (Fsp3) is 0.364. The average molecular weight is 269 g/mol. The van der Waals surface area contributed by atoms with E-state index in [0.717, 1.165) is 15.6 Å². The lowest BCUT2D eigenvalue weighted by molar-refractivity contribution is 0.450. The highest BCUT2D eigenvalue weighted by atomic mass is 79.9. The van der Waals surface area contributed by atoms with Gasteiger partial charge in [-0.25, -0.2) is 4.98 Å². The van der Waals surface area contributed by atoms with Gasteiger partial charge in [0.15, 0.2) is 11.5 Å². The summed E-state index contributed by atoms with van der Waals surface area (Å²) in [6, 6.07) is 5.85. The molecule has 4 heteroatoms. The van der Waals surface area contributed by atoms with Gasteiger partial charge in [-0.15, -0.1) is 0 Å². The minimum atomic E-state index is 0.0387. The first-order valence-corrected chi connectivity index (χ1v) is 5.69. The number of nitrogens with zero attached hydrogens (tertiary/aromatic N) is 1. The van der Waals surface area contributed by atoms with E-state index in [1.54, 1.807) is 0 Å². The Balaban J connectivity index is 2.52. The predicted octanol–water partition coefficient (Wildman–Crippen LogP) is 3.04. The van der Waals surface area contributed by atoms with Crippen molar-refractivity contribution in [1.29, 1.82) is 0 Å². The van der Waals surface area contributed by atoms with E-state index in [9.17, 15) is 0 Å². The van der Waals surface area contributed by atoms with Gasteiger partial charge in [0.25, 0.3) is 0 Å². The van der Waals surface area contributed by atoms with Crippen LogP contribution in [-0.2, 0) is 0 Å². The number of hydrogen-bond acceptors (Lipinski definition) is 3. The number of nitrogens with two attached hydrogens (primary N) is 1. The van der Waals surface area contributed by atoms with E-state index < -0.39 is 0 Å². The fourth-order valence-electron chi connectivity index (χ4n) is 1.35. The molecule has 1 aromatic carbocycles. The van der Waals surface area contributed by atoms with E-state index in [0.29, 0.717) is 5.89 Å². The second-order valence-corrected chi connectivity index (χ2v) is 4.64. The summed E-state index contributed by atoms with van der Waals surface area (Å²) in [6.45, 7) is 3.97. The lowest BCUT2D eigenvalue weighted by atomic mass is 10.1. The molecule has 0 aliphatic heterocycles. The Kier molecular flexibility index (Phi) is 2.80. The molecule has 2 rings (SSSR count). The van der Waals surface area contributed by atoms with Crippen LogP contribution in [0.3, 0.4) is 0 Å². The average Bonchev–Trinajstić information content (AvgIpc) is 2.61. The van der Waals surface area contributed by atoms with E-state index in [2.05, 4.69) is 20.9 Å². The SMILES string of the molecule is CC(N)C(C)c1nc2cccc(Br)c2o1. The van der Waals surface area contributed by atoms with Gasteiger partial charge in [-0.05, 0) is 35.0 Å². The molecule has 80 valence electrons. The predicted molar refractivity (Wildman–Crippen MR) is 63.8 cm³/mol. The minimum absolute atomic E-state index is 0.0387. The molecule has 1 aromatic heterocycles. The molecule has 0 radical (unpaired) electrons. The summed E-state index contributed by atoms with van der Waals surface area (Å²) in [6.07, 6.45) is 0. The van der Waals surface area contributed by atoms with Gasteiger partial charge >= 0.3 is 0 Å². The number of halogens is 1. The van der Waals surface area contributed by atoms with E-state index >= 15 is 0 Å². The number of benzene rings is 1. The Morgan fingerprint density at radius 3 is 2.73 bits per heavy atom. The number of fused-ring (bicyclic) bond motifs is 1. The van der Waals surface area contributed by atoms with Gasteiger partial charge in [0, 0.05) is 12.0 Å². The van der Waals surface area contributed by atoms with Gasteiger partial charge in [-0.3, -0.25) is 0 Å². The van der Waals surface area contributed by atoms with Crippen molar-refractivity contribution in [2.24, 2.45) is 5.73 Å². The Morgan fingerprint density at radius 1 is 1.40 bits per heavy atom. The fourth-order valence-corrected chi connectivity index (χ4v) is 1.79. The molecular formula is C11H13BrN2O. The van der Waals surface area contributed by atoms with Crippen LogP contribution in [0.4, 0.5) is 0 Å². The molecule has 2 aromatic rings. The maximum Gasteiger partial charge on any atom is 0.199 e. The molecule has 15 heavy (non-hydrogen) atoms. The summed E-state index contributed by atoms with van der Waals surface area (Å²) in [5.41, 5.74) is 7.48. The molecule has 0 saturated carbocycles. The molecule has 0 aliphatic rings. The first-order valence-electron chi connectivity index (χ1n) is 4.90. The molecule has 0 aliphatic carbocycles. The summed E-state index contributed by atoms with van der Waals surface area (Å²) in [7, 11) is 0. The lowest BCUT2D eigenvalue weighted by Gasteiger charge is -2.10. The van der Waals surface area contributed by atoms with Crippen LogP contribution in [0.2, 0.25) is 0 Å². The van der Waals surface area contributed by atoms with Gasteiger partial charge in [-0.2, -0.15) is 0 Å². The van der Waals surface area contributed by atoms with Gasteiger partial charge in [0.1, 0.15) is 5.52 Å². The van der Waals surface area contributed by atoms with Crippen molar-refractivity contribution in [2.75, 3.05) is 0 Å². The molecule has 0 spiro atoms. The van der Waals surface area contributed by atoms with E-state index in [1.165, 1.54) is 0 Å². The Morgan fingerprint density at radius 2 is 2.13 bits per heavy atom. The van der Waals surface area contributed by atoms with Crippen molar-refractivity contribution in [3.8, 4) is 0 Å². The van der Waals surface area contributed by atoms with Gasteiger partial charge in [-0.1, -0.05) is 13.0 Å². The van der Waals surface area contributed by atoms with Crippen molar-refractivity contribution >= 4 is 27.0 Å². The molecule has 0 saturated heterocycles. The van der Waals surface area contributed by atoms with E-state index in [-0.39, 0.29) is 12.0 Å². The summed E-state index contributed by atoms with van der Waals surface area (Å²) < 4.78 is 6.61. The molecule has 2 unspecified atom stereocenters. The lowest BCUT2D eigenvalue weighted by Crippen LogP contribution is -2.22. The Labute approximate surface area is 96.8 Å². The summed E-state index contributed by atoms with van der Waals surface area (Å²) >= 11 is 3.43. The van der Waals surface area contributed by atoms with Crippen molar-refractivity contribution in [3.63, 3.8) is 0 Å². The highest BCUT2D eigenvalue weighted by Crippen LogP contribution is 2.28. The Bertz CT molecular complexity index is 478. The monoisotopic (exact) mass is 268 g/mol. The number of para-hydroxylation sites is 1. The normalized spacial score (nSPS) is 15.5. The zero-order chi connectivity index (χ0) is 11.0. The highest BCUT2D eigenvalue weighted by Gasteiger charge is 2.17. The molecule has 2 atom stereocenters. The van der Waals surface area contributed by atoms with Crippen molar-refractivity contribution in [3.05, 3.63) is 28.6 Å². The zero-order valence-corrected chi connectivity index (χ0v) is 10.3. The van der Waals surface area contributed by atoms with Crippen molar-refractivity contribution in [2.45, 2.75) is 25.8 Å². The van der Waals surface area contributed by atoms with Crippen LogP contribution >= 0.6 is 15.9 Å². The van der Waals surface area contributed by atoms with Crippen LogP contribution in [0.15, 0.2) is 27.1 Å². The molecule has 2 N–H and O–H groups in total. The molecule has 0 amide bonds. The summed E-state index contributed by atoms with van der Waals surface area (Å²) in [4.78, 5) is 4.42. The van der Waals surface area contributed by atoms with Gasteiger partial charge in [0.05, 0.1) is 4.47 Å². The number of hydrogen-bond donors (Lipinski definition) is 1. The summed E-state index contributed by atoms with van der Waals surface area (Å²) in [5, 5.41) is 0. The topological polar surface area (TPSA) is 52.0 Å². The van der Waals surface area contributed by atoms with Crippen molar-refractivity contribution in [1.82, 2.24) is 4.98 Å². The molecule has 1 heterocycles. The van der Waals surface area contributed by atoms with Crippen LogP contribution in [0, 0.1) is 0 Å². The van der Waals surface area contributed by atoms with Crippen LogP contribution in [-0.4, -0.2) is 11.0 Å². The first kappa shape index (κ1) is 10.6. The Hall–Kier alpha value is -0.870. The maximum absolute atomic E-state index is 5.82. The highest BCUT2D eigenvalue weighted by molar-refractivity contribution is 9.10. The smallest absolute Gasteiger partial charge is 0.199 e. The van der Waals surface area contributed by atoms with Crippen LogP contribution in [0.25, 0.3) is 11.1 Å². The number of aromatic nitrogens is 1. The van der Waals surface area contributed by atoms with Gasteiger partial charge < -0.3 is 10.2 Å². The van der Waals surface area contributed by atoms with Crippen LogP contribution < -0.4 is 5.73 Å². The largest absolute Gasteiger partial charge is 0.439 e. The minimum Gasteiger partial charge on any atom is -0.439 e. The molecule has 3 nitrogen and oxygen atoms in total. The summed E-state index contributed by atoms with van der Waals surface area (Å²) in [5.74, 6) is 0.830. The standard InChI is InChI=1S/C11H13BrN2O/c1-6(7(2)13)11-14-9-5-3-4-8(12)10(9)15-11/h3-7H,13H2,1-2H3. The number of rotatable bonds is 2. The first-order chi connectivity index (χ1) is 7.09. The quantitative estimate of drug-likeness (QED) is 0.911. The maximum atomic E-state index is 5.82. The molecule has 0 bridgehead atoms. The third kappa shape index (κ3) is 1.92. The molecule has 0 fully saturated rings. The van der Waals surface area contributed by atoms with E-state index in [1.807, 2.05) is 32.0 Å².